The van der Waals surface area contributed by atoms with Crippen LogP contribution in [0, 0.1) is 0 Å². The number of halogens is 3. The van der Waals surface area contributed by atoms with Crippen LogP contribution in [0.25, 0.3) is 0 Å². The molecule has 1 aromatic carbocycles. The second kappa shape index (κ2) is 5.53. The predicted molar refractivity (Wildman–Crippen MR) is 76.5 cm³/mol. The molecule has 0 atom stereocenters. The Morgan fingerprint density at radius 1 is 1.24 bits per heavy atom. The third-order valence-electron chi connectivity index (χ3n) is 2.23. The SMILES string of the molecule is O=C(Cc1ccccc1Cl)c1cc(Cl)c(Br)s1. The Morgan fingerprint density at radius 3 is 2.53 bits per heavy atom. The van der Waals surface area contributed by atoms with Gasteiger partial charge in [0.2, 0.25) is 0 Å². The van der Waals surface area contributed by atoms with Gasteiger partial charge in [0.25, 0.3) is 0 Å². The van der Waals surface area contributed by atoms with E-state index in [0.29, 0.717) is 21.3 Å². The molecule has 0 N–H and O–H groups in total. The largest absolute Gasteiger partial charge is 0.293 e. The standard InChI is InChI=1S/C12H7BrCl2OS/c13-12-9(15)6-11(17-12)10(16)5-7-3-1-2-4-8(7)14/h1-4,6H,5H2. The van der Waals surface area contributed by atoms with Gasteiger partial charge in [0.1, 0.15) is 0 Å². The molecule has 0 saturated heterocycles. The molecule has 1 nitrogen and oxygen atoms in total. The normalized spacial score (nSPS) is 10.5. The van der Waals surface area contributed by atoms with Gasteiger partial charge in [-0.25, -0.2) is 0 Å². The number of rotatable bonds is 3. The Balaban J connectivity index is 2.20. The monoisotopic (exact) mass is 348 g/mol. The average Bonchev–Trinajstić information content (AvgIpc) is 2.63. The molecule has 0 amide bonds. The van der Waals surface area contributed by atoms with Crippen molar-refractivity contribution in [3.8, 4) is 0 Å². The highest BCUT2D eigenvalue weighted by molar-refractivity contribution is 9.11. The molecule has 0 radical (unpaired) electrons. The molecule has 0 bridgehead atoms. The summed E-state index contributed by atoms with van der Waals surface area (Å²) in [5, 5.41) is 1.18. The summed E-state index contributed by atoms with van der Waals surface area (Å²) in [4.78, 5) is 12.6. The van der Waals surface area contributed by atoms with Crippen molar-refractivity contribution in [3.05, 3.63) is 54.6 Å². The van der Waals surface area contributed by atoms with Crippen LogP contribution in [0.2, 0.25) is 10.0 Å². The highest BCUT2D eigenvalue weighted by Crippen LogP contribution is 2.32. The van der Waals surface area contributed by atoms with Crippen molar-refractivity contribution in [2.24, 2.45) is 0 Å². The van der Waals surface area contributed by atoms with Gasteiger partial charge in [0.15, 0.2) is 5.78 Å². The number of thiophene rings is 1. The summed E-state index contributed by atoms with van der Waals surface area (Å²) >= 11 is 16.5. The van der Waals surface area contributed by atoms with Gasteiger partial charge in [-0.3, -0.25) is 4.79 Å². The molecule has 2 aromatic rings. The minimum atomic E-state index is 0.0238. The Hall–Kier alpha value is -0.350. The Labute approximate surface area is 121 Å². The minimum absolute atomic E-state index is 0.0238. The summed E-state index contributed by atoms with van der Waals surface area (Å²) in [6, 6.07) is 9.02. The van der Waals surface area contributed by atoms with E-state index in [1.165, 1.54) is 11.3 Å². The minimum Gasteiger partial charge on any atom is -0.293 e. The van der Waals surface area contributed by atoms with E-state index in [1.54, 1.807) is 12.1 Å². The summed E-state index contributed by atoms with van der Waals surface area (Å²) < 4.78 is 0.779. The smallest absolute Gasteiger partial charge is 0.177 e. The fourth-order valence-corrected chi connectivity index (χ4v) is 3.23. The maximum Gasteiger partial charge on any atom is 0.177 e. The van der Waals surface area contributed by atoms with E-state index in [1.807, 2.05) is 18.2 Å². The average molecular weight is 350 g/mol. The maximum absolute atomic E-state index is 12.0. The Morgan fingerprint density at radius 2 is 1.94 bits per heavy atom. The molecule has 0 aliphatic carbocycles. The molecule has 0 fully saturated rings. The van der Waals surface area contributed by atoms with Crippen LogP contribution in [-0.4, -0.2) is 5.78 Å². The van der Waals surface area contributed by atoms with Crippen LogP contribution in [0.15, 0.2) is 34.1 Å². The van der Waals surface area contributed by atoms with E-state index in [9.17, 15) is 4.79 Å². The van der Waals surface area contributed by atoms with E-state index in [0.717, 1.165) is 9.35 Å². The van der Waals surface area contributed by atoms with Crippen molar-refractivity contribution in [3.63, 3.8) is 0 Å². The number of ketones is 1. The molecule has 0 spiro atoms. The molecule has 1 heterocycles. The van der Waals surface area contributed by atoms with Crippen LogP contribution in [-0.2, 0) is 6.42 Å². The molecule has 1 aromatic heterocycles. The topological polar surface area (TPSA) is 17.1 Å². The van der Waals surface area contributed by atoms with Crippen molar-refractivity contribution in [1.82, 2.24) is 0 Å². The van der Waals surface area contributed by atoms with Crippen LogP contribution >= 0.6 is 50.5 Å². The molecular weight excluding hydrogens is 343 g/mol. The molecule has 0 aliphatic rings. The lowest BCUT2D eigenvalue weighted by molar-refractivity contribution is 0.0997. The fourth-order valence-electron chi connectivity index (χ4n) is 1.39. The van der Waals surface area contributed by atoms with Crippen molar-refractivity contribution in [2.75, 3.05) is 0 Å². The van der Waals surface area contributed by atoms with Gasteiger partial charge in [0, 0.05) is 11.4 Å². The zero-order valence-electron chi connectivity index (χ0n) is 8.54. The molecule has 0 unspecified atom stereocenters. The first-order chi connectivity index (χ1) is 8.08. The summed E-state index contributed by atoms with van der Waals surface area (Å²) in [5.41, 5.74) is 0.833. The van der Waals surface area contributed by atoms with Crippen molar-refractivity contribution in [2.45, 2.75) is 6.42 Å². The predicted octanol–water partition coefficient (Wildman–Crippen LogP) is 5.24. The molecule has 5 heteroatoms. The number of Topliss-reactive ketones (excluding diaryl/α,β-unsaturated/α-hetero) is 1. The zero-order chi connectivity index (χ0) is 12.4. The second-order valence-electron chi connectivity index (χ2n) is 3.42. The number of hydrogen-bond donors (Lipinski definition) is 0. The number of carbonyl (C=O) groups is 1. The van der Waals surface area contributed by atoms with Crippen LogP contribution in [0.3, 0.4) is 0 Å². The molecule has 17 heavy (non-hydrogen) atoms. The molecule has 0 saturated carbocycles. The quantitative estimate of drug-likeness (QED) is 0.692. The van der Waals surface area contributed by atoms with Gasteiger partial charge in [0.05, 0.1) is 13.7 Å². The van der Waals surface area contributed by atoms with E-state index in [-0.39, 0.29) is 5.78 Å². The molecule has 0 aliphatic heterocycles. The maximum atomic E-state index is 12.0. The van der Waals surface area contributed by atoms with Gasteiger partial charge in [-0.15, -0.1) is 11.3 Å². The first-order valence-corrected chi connectivity index (χ1v) is 7.16. The first-order valence-electron chi connectivity index (χ1n) is 4.79. The zero-order valence-corrected chi connectivity index (χ0v) is 12.5. The number of benzene rings is 1. The van der Waals surface area contributed by atoms with E-state index < -0.39 is 0 Å². The van der Waals surface area contributed by atoms with Crippen LogP contribution < -0.4 is 0 Å². The molecular formula is C12H7BrCl2OS. The van der Waals surface area contributed by atoms with Crippen molar-refractivity contribution < 1.29 is 4.79 Å². The lowest BCUT2D eigenvalue weighted by Crippen LogP contribution is -2.01. The highest BCUT2D eigenvalue weighted by Gasteiger charge is 2.13. The van der Waals surface area contributed by atoms with Crippen LogP contribution in [0.1, 0.15) is 15.2 Å². The van der Waals surface area contributed by atoms with E-state index in [2.05, 4.69) is 15.9 Å². The lowest BCUT2D eigenvalue weighted by Gasteiger charge is -2.01. The van der Waals surface area contributed by atoms with Crippen LogP contribution in [0.5, 0.6) is 0 Å². The number of hydrogen-bond acceptors (Lipinski definition) is 2. The molecule has 2 rings (SSSR count). The third-order valence-corrected chi connectivity index (χ3v) is 5.11. The summed E-state index contributed by atoms with van der Waals surface area (Å²) in [5.74, 6) is 0.0238. The molecule has 88 valence electrons. The van der Waals surface area contributed by atoms with Gasteiger partial charge in [-0.05, 0) is 33.6 Å². The van der Waals surface area contributed by atoms with Gasteiger partial charge in [-0.1, -0.05) is 41.4 Å². The summed E-state index contributed by atoms with van der Waals surface area (Å²) in [7, 11) is 0. The third kappa shape index (κ3) is 3.10. The van der Waals surface area contributed by atoms with Crippen molar-refractivity contribution in [1.29, 1.82) is 0 Å². The Bertz CT molecular complexity index is 546. The fraction of sp³-hybridized carbons (Fsp3) is 0.0833. The highest BCUT2D eigenvalue weighted by atomic mass is 79.9. The van der Waals surface area contributed by atoms with Gasteiger partial charge >= 0.3 is 0 Å². The lowest BCUT2D eigenvalue weighted by atomic mass is 10.1. The van der Waals surface area contributed by atoms with Gasteiger partial charge in [-0.2, -0.15) is 0 Å². The second-order valence-corrected chi connectivity index (χ2v) is 6.61. The Kier molecular flexibility index (Phi) is 4.26. The van der Waals surface area contributed by atoms with Crippen LogP contribution in [0.4, 0.5) is 0 Å². The first kappa shape index (κ1) is 13.1. The summed E-state index contributed by atoms with van der Waals surface area (Å²) in [6.07, 6.45) is 0.295. The van der Waals surface area contributed by atoms with E-state index in [4.69, 9.17) is 23.2 Å². The van der Waals surface area contributed by atoms with Crippen molar-refractivity contribution >= 4 is 56.3 Å². The van der Waals surface area contributed by atoms with E-state index >= 15 is 0 Å². The summed E-state index contributed by atoms with van der Waals surface area (Å²) in [6.45, 7) is 0. The number of carbonyl (C=O) groups excluding carboxylic acids is 1. The van der Waals surface area contributed by atoms with Gasteiger partial charge < -0.3 is 0 Å².